The molecule has 0 atom stereocenters. The van der Waals surface area contributed by atoms with E-state index in [1.54, 1.807) is 0 Å². The first-order valence-corrected chi connectivity index (χ1v) is 11.7. The van der Waals surface area contributed by atoms with Crippen molar-refractivity contribution >= 4 is 11.8 Å². The molecule has 2 heterocycles. The van der Waals surface area contributed by atoms with Crippen molar-refractivity contribution in [3.05, 3.63) is 84.2 Å². The van der Waals surface area contributed by atoms with Crippen LogP contribution in [0.4, 0.5) is 0 Å². The number of carbonyl (C=O) groups is 2. The van der Waals surface area contributed by atoms with E-state index in [4.69, 9.17) is 4.74 Å². The number of amides is 2. The quantitative estimate of drug-likeness (QED) is 0.564. The van der Waals surface area contributed by atoms with Crippen LogP contribution in [0.25, 0.3) is 5.69 Å². The molecule has 1 aliphatic heterocycles. The zero-order chi connectivity index (χ0) is 23.0. The molecule has 0 aliphatic carbocycles. The number of nitrogens with zero attached hydrogens (tertiary/aromatic N) is 2. The molecule has 4 rings (SSSR count). The summed E-state index contributed by atoms with van der Waals surface area (Å²) in [4.78, 5) is 27.0. The smallest absolute Gasteiger partial charge is 0.260 e. The van der Waals surface area contributed by atoms with Crippen LogP contribution in [0.1, 0.15) is 42.1 Å². The zero-order valence-corrected chi connectivity index (χ0v) is 19.1. The van der Waals surface area contributed by atoms with Crippen LogP contribution in [0.3, 0.4) is 0 Å². The van der Waals surface area contributed by atoms with E-state index in [0.717, 1.165) is 31.4 Å². The van der Waals surface area contributed by atoms with E-state index < -0.39 is 0 Å². The number of likely N-dealkylation sites (tertiary alicyclic amines) is 1. The lowest BCUT2D eigenvalue weighted by molar-refractivity contribution is -0.134. The van der Waals surface area contributed by atoms with Crippen molar-refractivity contribution in [3.63, 3.8) is 0 Å². The molecule has 2 aromatic carbocycles. The third-order valence-corrected chi connectivity index (χ3v) is 6.04. The Kier molecular flexibility index (Phi) is 7.45. The lowest BCUT2D eigenvalue weighted by Gasteiger charge is -2.32. The molecule has 0 saturated carbocycles. The number of nitrogens with one attached hydrogen (secondary N) is 1. The highest BCUT2D eigenvalue weighted by Gasteiger charge is 2.24. The molecule has 6 heteroatoms. The number of aryl methyl sites for hydroxylation is 1. The average Bonchev–Trinajstić information content (AvgIpc) is 3.39. The van der Waals surface area contributed by atoms with Crippen molar-refractivity contribution in [3.8, 4) is 11.4 Å². The maximum Gasteiger partial charge on any atom is 0.260 e. The molecule has 2 amide bonds. The molecule has 33 heavy (non-hydrogen) atoms. The standard InChI is InChI=1S/C27H31N3O3/c1-2-5-21-6-12-25(13-7-21)33-20-26(31)30-18-14-23(15-19-30)28-27(32)22-8-10-24(11-9-22)29-16-3-4-17-29/h3-4,6-13,16-17,23H,2,5,14-15,18-20H2,1H3,(H,28,32). The number of piperidine rings is 1. The van der Waals surface area contributed by atoms with Crippen LogP contribution in [-0.2, 0) is 11.2 Å². The van der Waals surface area contributed by atoms with Gasteiger partial charge in [0.25, 0.3) is 11.8 Å². The Morgan fingerprint density at radius 2 is 1.64 bits per heavy atom. The van der Waals surface area contributed by atoms with Gasteiger partial charge in [-0.1, -0.05) is 25.5 Å². The van der Waals surface area contributed by atoms with Gasteiger partial charge < -0.3 is 19.5 Å². The number of hydrogen-bond acceptors (Lipinski definition) is 3. The largest absolute Gasteiger partial charge is 0.484 e. The van der Waals surface area contributed by atoms with E-state index in [2.05, 4.69) is 12.2 Å². The van der Waals surface area contributed by atoms with Gasteiger partial charge in [0, 0.05) is 42.8 Å². The van der Waals surface area contributed by atoms with Crippen LogP contribution in [0.2, 0.25) is 0 Å². The van der Waals surface area contributed by atoms with Gasteiger partial charge in [-0.05, 0) is 73.4 Å². The summed E-state index contributed by atoms with van der Waals surface area (Å²) in [5.74, 6) is 0.625. The van der Waals surface area contributed by atoms with Crippen molar-refractivity contribution in [2.45, 2.75) is 38.6 Å². The van der Waals surface area contributed by atoms with Crippen LogP contribution in [0, 0.1) is 0 Å². The van der Waals surface area contributed by atoms with Gasteiger partial charge in [-0.25, -0.2) is 0 Å². The van der Waals surface area contributed by atoms with Crippen LogP contribution in [0.15, 0.2) is 73.1 Å². The molecule has 1 fully saturated rings. The van der Waals surface area contributed by atoms with Crippen LogP contribution >= 0.6 is 0 Å². The molecule has 1 saturated heterocycles. The summed E-state index contributed by atoms with van der Waals surface area (Å²) in [6, 6.07) is 19.5. The van der Waals surface area contributed by atoms with Crippen molar-refractivity contribution < 1.29 is 14.3 Å². The number of benzene rings is 2. The molecule has 6 nitrogen and oxygen atoms in total. The van der Waals surface area contributed by atoms with E-state index in [-0.39, 0.29) is 24.5 Å². The van der Waals surface area contributed by atoms with Crippen LogP contribution < -0.4 is 10.1 Å². The highest BCUT2D eigenvalue weighted by molar-refractivity contribution is 5.94. The van der Waals surface area contributed by atoms with E-state index in [0.29, 0.717) is 24.4 Å². The fraction of sp³-hybridized carbons (Fsp3) is 0.333. The van der Waals surface area contributed by atoms with Crippen molar-refractivity contribution in [1.29, 1.82) is 0 Å². The lowest BCUT2D eigenvalue weighted by Crippen LogP contribution is -2.47. The lowest BCUT2D eigenvalue weighted by atomic mass is 10.0. The molecular weight excluding hydrogens is 414 g/mol. The van der Waals surface area contributed by atoms with Gasteiger partial charge in [0.2, 0.25) is 0 Å². The van der Waals surface area contributed by atoms with Gasteiger partial charge in [-0.3, -0.25) is 9.59 Å². The Hall–Kier alpha value is -3.54. The number of rotatable bonds is 8. The Balaban J connectivity index is 1.20. The highest BCUT2D eigenvalue weighted by atomic mass is 16.5. The Labute approximate surface area is 195 Å². The van der Waals surface area contributed by atoms with Crippen molar-refractivity contribution in [2.24, 2.45) is 0 Å². The Morgan fingerprint density at radius 3 is 2.27 bits per heavy atom. The SMILES string of the molecule is CCCc1ccc(OCC(=O)N2CCC(NC(=O)c3ccc(-n4cccc4)cc3)CC2)cc1. The third-order valence-electron chi connectivity index (χ3n) is 6.04. The first kappa shape index (κ1) is 22.6. The topological polar surface area (TPSA) is 63.6 Å². The van der Waals surface area contributed by atoms with Gasteiger partial charge in [-0.15, -0.1) is 0 Å². The molecule has 3 aromatic rings. The van der Waals surface area contributed by atoms with Gasteiger partial charge in [-0.2, -0.15) is 0 Å². The zero-order valence-electron chi connectivity index (χ0n) is 19.1. The van der Waals surface area contributed by atoms with E-state index >= 15 is 0 Å². The first-order chi connectivity index (χ1) is 16.1. The van der Waals surface area contributed by atoms with Gasteiger partial charge >= 0.3 is 0 Å². The molecule has 0 bridgehead atoms. The van der Waals surface area contributed by atoms with Gasteiger partial charge in [0.05, 0.1) is 0 Å². The van der Waals surface area contributed by atoms with Crippen LogP contribution in [-0.4, -0.2) is 47.0 Å². The van der Waals surface area contributed by atoms with Crippen molar-refractivity contribution in [2.75, 3.05) is 19.7 Å². The molecule has 172 valence electrons. The summed E-state index contributed by atoms with van der Waals surface area (Å²) in [7, 11) is 0. The van der Waals surface area contributed by atoms with E-state index in [1.807, 2.05) is 82.5 Å². The molecule has 1 aliphatic rings. The Bertz CT molecular complexity index is 1040. The fourth-order valence-corrected chi connectivity index (χ4v) is 4.11. The minimum atomic E-state index is -0.0753. The minimum Gasteiger partial charge on any atom is -0.484 e. The monoisotopic (exact) mass is 445 g/mol. The number of hydrogen-bond donors (Lipinski definition) is 1. The summed E-state index contributed by atoms with van der Waals surface area (Å²) < 4.78 is 7.68. The third kappa shape index (κ3) is 6.04. The molecule has 0 spiro atoms. The molecule has 0 radical (unpaired) electrons. The van der Waals surface area contributed by atoms with Gasteiger partial charge in [0.1, 0.15) is 5.75 Å². The Morgan fingerprint density at radius 1 is 0.970 bits per heavy atom. The summed E-state index contributed by atoms with van der Waals surface area (Å²) in [5, 5.41) is 3.11. The maximum absolute atomic E-state index is 12.6. The van der Waals surface area contributed by atoms with E-state index in [9.17, 15) is 9.59 Å². The van der Waals surface area contributed by atoms with Gasteiger partial charge in [0.15, 0.2) is 6.61 Å². The molecule has 0 unspecified atom stereocenters. The first-order valence-electron chi connectivity index (χ1n) is 11.7. The highest BCUT2D eigenvalue weighted by Crippen LogP contribution is 2.16. The second kappa shape index (κ2) is 10.9. The summed E-state index contributed by atoms with van der Waals surface area (Å²) >= 11 is 0. The second-order valence-electron chi connectivity index (χ2n) is 8.45. The molecule has 1 N–H and O–H groups in total. The van der Waals surface area contributed by atoms with Crippen molar-refractivity contribution in [1.82, 2.24) is 14.8 Å². The predicted molar refractivity (Wildman–Crippen MR) is 129 cm³/mol. The second-order valence-corrected chi connectivity index (χ2v) is 8.45. The summed E-state index contributed by atoms with van der Waals surface area (Å²) in [5.41, 5.74) is 2.93. The summed E-state index contributed by atoms with van der Waals surface area (Å²) in [6.07, 6.45) is 7.57. The fourth-order valence-electron chi connectivity index (χ4n) is 4.11. The predicted octanol–water partition coefficient (Wildman–Crippen LogP) is 4.23. The molecule has 1 aromatic heterocycles. The number of aromatic nitrogens is 1. The normalized spacial score (nSPS) is 14.2. The van der Waals surface area contributed by atoms with E-state index in [1.165, 1.54) is 5.56 Å². The molecular formula is C27H31N3O3. The number of carbonyl (C=O) groups excluding carboxylic acids is 2. The average molecular weight is 446 g/mol. The van der Waals surface area contributed by atoms with Crippen LogP contribution in [0.5, 0.6) is 5.75 Å². The summed E-state index contributed by atoms with van der Waals surface area (Å²) in [6.45, 7) is 3.43. The minimum absolute atomic E-state index is 0.0157. The number of ether oxygens (including phenoxy) is 1. The maximum atomic E-state index is 12.6.